The molecule has 0 aliphatic carbocycles. The third-order valence-corrected chi connectivity index (χ3v) is 3.02. The topological polar surface area (TPSA) is 105 Å². The lowest BCUT2D eigenvalue weighted by molar-refractivity contribution is 0.0692. The number of nitrogens with one attached hydrogen (secondary N) is 1. The molecule has 0 saturated carbocycles. The summed E-state index contributed by atoms with van der Waals surface area (Å²) < 4.78 is 5.32. The van der Waals surface area contributed by atoms with E-state index in [1.54, 1.807) is 38.2 Å². The number of benzene rings is 1. The van der Waals surface area contributed by atoms with Crippen molar-refractivity contribution >= 4 is 11.9 Å². The second kappa shape index (κ2) is 7.55. The molecule has 0 radical (unpaired) electrons. The van der Waals surface area contributed by atoms with Crippen LogP contribution in [0.2, 0.25) is 0 Å². The van der Waals surface area contributed by atoms with Crippen molar-refractivity contribution in [1.82, 2.24) is 9.97 Å². The minimum atomic E-state index is -1.06. The van der Waals surface area contributed by atoms with Crippen molar-refractivity contribution in [3.63, 3.8) is 0 Å². The van der Waals surface area contributed by atoms with Gasteiger partial charge in [-0.1, -0.05) is 0 Å². The van der Waals surface area contributed by atoms with E-state index in [9.17, 15) is 15.0 Å². The fourth-order valence-electron chi connectivity index (χ4n) is 1.98. The summed E-state index contributed by atoms with van der Waals surface area (Å²) in [5, 5.41) is 21.5. The Morgan fingerprint density at radius 1 is 1.39 bits per heavy atom. The number of ether oxygens (including phenoxy) is 1. The van der Waals surface area contributed by atoms with Crippen molar-refractivity contribution in [2.75, 3.05) is 18.5 Å². The van der Waals surface area contributed by atoms with Crippen LogP contribution in [0.15, 0.2) is 30.5 Å². The van der Waals surface area contributed by atoms with Crippen LogP contribution < -0.4 is 10.1 Å². The van der Waals surface area contributed by atoms with E-state index in [-0.39, 0.29) is 5.56 Å². The maximum absolute atomic E-state index is 11.4. The maximum Gasteiger partial charge on any atom is 0.339 e. The molecule has 0 spiro atoms. The third kappa shape index (κ3) is 4.40. The molecule has 0 bridgehead atoms. The van der Waals surface area contributed by atoms with Crippen LogP contribution in [0.1, 0.15) is 24.2 Å². The Labute approximate surface area is 134 Å². The van der Waals surface area contributed by atoms with E-state index < -0.39 is 12.1 Å². The average Bonchev–Trinajstić information content (AvgIpc) is 2.53. The van der Waals surface area contributed by atoms with Crippen molar-refractivity contribution < 1.29 is 19.7 Å². The number of anilines is 1. The number of carbonyl (C=O) groups is 1. The molecule has 0 saturated heterocycles. The minimum Gasteiger partial charge on any atom is -0.493 e. The number of aliphatic hydroxyl groups excluding tert-OH is 1. The first kappa shape index (κ1) is 16.7. The summed E-state index contributed by atoms with van der Waals surface area (Å²) in [5.41, 5.74) is 1.31. The van der Waals surface area contributed by atoms with Gasteiger partial charge in [0.2, 0.25) is 5.95 Å². The van der Waals surface area contributed by atoms with E-state index >= 15 is 0 Å². The van der Waals surface area contributed by atoms with Gasteiger partial charge in [-0.2, -0.15) is 0 Å². The Bertz CT molecular complexity index is 689. The Morgan fingerprint density at radius 2 is 2.17 bits per heavy atom. The van der Waals surface area contributed by atoms with Gasteiger partial charge in [-0.15, -0.1) is 0 Å². The van der Waals surface area contributed by atoms with E-state index in [4.69, 9.17) is 4.74 Å². The van der Waals surface area contributed by atoms with Gasteiger partial charge >= 0.3 is 5.97 Å². The number of nitrogens with zero attached hydrogens (tertiary/aromatic N) is 2. The zero-order chi connectivity index (χ0) is 16.8. The zero-order valence-corrected chi connectivity index (χ0v) is 13.0. The molecule has 0 aliphatic rings. The minimum absolute atomic E-state index is 0.0847. The first-order valence-corrected chi connectivity index (χ1v) is 7.26. The van der Waals surface area contributed by atoms with E-state index in [1.807, 2.05) is 0 Å². The SMILES string of the molecule is CCOc1ccc(-c2ccnc(NC[C@H](C)O)n2)cc1C(=O)O. The molecule has 1 atom stereocenters. The van der Waals surface area contributed by atoms with Gasteiger partial charge in [-0.3, -0.25) is 0 Å². The Balaban J connectivity index is 2.32. The highest BCUT2D eigenvalue weighted by atomic mass is 16.5. The normalized spacial score (nSPS) is 11.8. The van der Waals surface area contributed by atoms with Crippen molar-refractivity contribution in [3.8, 4) is 17.0 Å². The molecule has 0 aliphatic heterocycles. The lowest BCUT2D eigenvalue weighted by Crippen LogP contribution is -2.16. The largest absolute Gasteiger partial charge is 0.493 e. The molecule has 0 unspecified atom stereocenters. The summed E-state index contributed by atoms with van der Waals surface area (Å²) in [6.07, 6.45) is 1.05. The summed E-state index contributed by atoms with van der Waals surface area (Å²) in [7, 11) is 0. The third-order valence-electron chi connectivity index (χ3n) is 3.02. The lowest BCUT2D eigenvalue weighted by Gasteiger charge is -2.10. The molecule has 2 aromatic rings. The first-order chi connectivity index (χ1) is 11.0. The van der Waals surface area contributed by atoms with Crippen molar-refractivity contribution in [3.05, 3.63) is 36.0 Å². The molecule has 1 aromatic carbocycles. The van der Waals surface area contributed by atoms with Crippen molar-refractivity contribution in [2.24, 2.45) is 0 Å². The van der Waals surface area contributed by atoms with Crippen LogP contribution >= 0.6 is 0 Å². The standard InChI is InChI=1S/C16H19N3O4/c1-3-23-14-5-4-11(8-12(14)15(21)22)13-6-7-17-16(19-13)18-9-10(2)20/h4-8,10,20H,3,9H2,1-2H3,(H,21,22)(H,17,18,19)/t10-/m0/s1. The van der Waals surface area contributed by atoms with Gasteiger partial charge in [-0.25, -0.2) is 14.8 Å². The average molecular weight is 317 g/mol. The lowest BCUT2D eigenvalue weighted by atomic mass is 10.1. The fourth-order valence-corrected chi connectivity index (χ4v) is 1.98. The quantitative estimate of drug-likeness (QED) is 0.717. The molecule has 7 heteroatoms. The van der Waals surface area contributed by atoms with Crippen LogP contribution in [0, 0.1) is 0 Å². The Morgan fingerprint density at radius 3 is 2.83 bits per heavy atom. The molecule has 3 N–H and O–H groups in total. The summed E-state index contributed by atoms with van der Waals surface area (Å²) in [5.74, 6) is -0.365. The number of carboxylic acid groups (broad SMARTS) is 1. The molecule has 0 amide bonds. The van der Waals surface area contributed by atoms with Gasteiger partial charge in [0.15, 0.2) is 0 Å². The van der Waals surface area contributed by atoms with Crippen LogP contribution in [-0.2, 0) is 0 Å². The second-order valence-corrected chi connectivity index (χ2v) is 4.94. The number of rotatable bonds is 7. The fraction of sp³-hybridized carbons (Fsp3) is 0.312. The number of hydrogen-bond donors (Lipinski definition) is 3. The van der Waals surface area contributed by atoms with Gasteiger partial charge in [0.1, 0.15) is 11.3 Å². The van der Waals surface area contributed by atoms with Crippen molar-refractivity contribution in [2.45, 2.75) is 20.0 Å². The predicted molar refractivity (Wildman–Crippen MR) is 85.8 cm³/mol. The summed E-state index contributed by atoms with van der Waals surface area (Å²) in [6.45, 7) is 4.17. The second-order valence-electron chi connectivity index (χ2n) is 4.94. The van der Waals surface area contributed by atoms with Gasteiger partial charge in [0.25, 0.3) is 0 Å². The highest BCUT2D eigenvalue weighted by Crippen LogP contribution is 2.26. The Kier molecular flexibility index (Phi) is 5.48. The van der Waals surface area contributed by atoms with E-state index in [1.165, 1.54) is 6.07 Å². The monoisotopic (exact) mass is 317 g/mol. The van der Waals surface area contributed by atoms with Crippen LogP contribution in [0.3, 0.4) is 0 Å². The molecule has 122 valence electrons. The molecule has 23 heavy (non-hydrogen) atoms. The van der Waals surface area contributed by atoms with Crippen molar-refractivity contribution in [1.29, 1.82) is 0 Å². The van der Waals surface area contributed by atoms with Crippen LogP contribution in [0.5, 0.6) is 5.75 Å². The molecule has 1 heterocycles. The van der Waals surface area contributed by atoms with Crippen LogP contribution in [-0.4, -0.2) is 45.4 Å². The van der Waals surface area contributed by atoms with Gasteiger partial charge in [-0.05, 0) is 38.1 Å². The van der Waals surface area contributed by atoms with Gasteiger partial charge in [0.05, 0.1) is 18.4 Å². The molecule has 1 aromatic heterocycles. The maximum atomic E-state index is 11.4. The Hall–Kier alpha value is -2.67. The number of aromatic nitrogens is 2. The summed E-state index contributed by atoms with van der Waals surface area (Å²) in [4.78, 5) is 19.8. The number of hydrogen-bond acceptors (Lipinski definition) is 6. The van der Waals surface area contributed by atoms with Gasteiger partial charge in [0, 0.05) is 18.3 Å². The summed E-state index contributed by atoms with van der Waals surface area (Å²) in [6, 6.07) is 6.58. The van der Waals surface area contributed by atoms with E-state index in [0.29, 0.717) is 36.1 Å². The molecule has 2 rings (SSSR count). The zero-order valence-electron chi connectivity index (χ0n) is 13.0. The van der Waals surface area contributed by atoms with Gasteiger partial charge < -0.3 is 20.3 Å². The first-order valence-electron chi connectivity index (χ1n) is 7.26. The van der Waals surface area contributed by atoms with E-state index in [0.717, 1.165) is 0 Å². The number of aliphatic hydroxyl groups is 1. The molecular weight excluding hydrogens is 298 g/mol. The molecule has 0 fully saturated rings. The highest BCUT2D eigenvalue weighted by molar-refractivity contribution is 5.92. The highest BCUT2D eigenvalue weighted by Gasteiger charge is 2.13. The van der Waals surface area contributed by atoms with Crippen LogP contribution in [0.25, 0.3) is 11.3 Å². The smallest absolute Gasteiger partial charge is 0.339 e. The van der Waals surface area contributed by atoms with Crippen LogP contribution in [0.4, 0.5) is 5.95 Å². The van der Waals surface area contributed by atoms with E-state index in [2.05, 4.69) is 15.3 Å². The molecular formula is C16H19N3O4. The summed E-state index contributed by atoms with van der Waals surface area (Å²) >= 11 is 0. The number of aromatic carboxylic acids is 1. The predicted octanol–water partition coefficient (Wildman–Crippen LogP) is 2.03. The molecule has 7 nitrogen and oxygen atoms in total. The number of carboxylic acids is 1.